The van der Waals surface area contributed by atoms with Crippen molar-refractivity contribution in [2.75, 3.05) is 26.2 Å². The van der Waals surface area contributed by atoms with Gasteiger partial charge in [-0.1, -0.05) is 18.2 Å². The van der Waals surface area contributed by atoms with Crippen molar-refractivity contribution in [1.82, 2.24) is 10.2 Å². The molecule has 2 aromatic rings. The number of alkyl halides is 3. The number of phenols is 1. The van der Waals surface area contributed by atoms with Crippen LogP contribution in [0.15, 0.2) is 42.5 Å². The molecule has 140 valence electrons. The van der Waals surface area contributed by atoms with Crippen LogP contribution in [0.5, 0.6) is 11.5 Å². The van der Waals surface area contributed by atoms with Gasteiger partial charge >= 0.3 is 6.36 Å². The lowest BCUT2D eigenvalue weighted by Crippen LogP contribution is -2.45. The fourth-order valence-electron chi connectivity index (χ4n) is 3.10. The number of rotatable bonds is 4. The molecule has 0 unspecified atom stereocenters. The highest BCUT2D eigenvalue weighted by atomic mass is 19.4. The van der Waals surface area contributed by atoms with E-state index < -0.39 is 17.9 Å². The van der Waals surface area contributed by atoms with Gasteiger partial charge in [-0.2, -0.15) is 0 Å². The number of ether oxygens (including phenoxy) is 1. The minimum absolute atomic E-state index is 0.308. The summed E-state index contributed by atoms with van der Waals surface area (Å²) in [6.45, 7) is 2.92. The Morgan fingerprint density at radius 3 is 2.19 bits per heavy atom. The van der Waals surface area contributed by atoms with E-state index in [1.807, 2.05) is 0 Å². The Bertz CT molecular complexity index is 744. The Kier molecular flexibility index (Phi) is 5.33. The normalized spacial score (nSPS) is 17.1. The van der Waals surface area contributed by atoms with E-state index in [-0.39, 0.29) is 11.8 Å². The van der Waals surface area contributed by atoms with E-state index in [4.69, 9.17) is 0 Å². The second-order valence-electron chi connectivity index (χ2n) is 6.02. The van der Waals surface area contributed by atoms with Gasteiger partial charge in [0.1, 0.15) is 5.75 Å². The van der Waals surface area contributed by atoms with Gasteiger partial charge in [0.25, 0.3) is 0 Å². The maximum atomic E-state index is 13.8. The monoisotopic (exact) mass is 370 g/mol. The molecule has 0 saturated carbocycles. The van der Waals surface area contributed by atoms with Gasteiger partial charge in [0.05, 0.1) is 6.04 Å². The van der Waals surface area contributed by atoms with Gasteiger partial charge in [-0.25, -0.2) is 4.39 Å². The number of nitrogens with zero attached hydrogens (tertiary/aromatic N) is 1. The molecule has 0 spiro atoms. The number of phenolic OH excluding ortho intramolecular Hbond substituents is 1. The summed E-state index contributed by atoms with van der Waals surface area (Å²) >= 11 is 0. The highest BCUT2D eigenvalue weighted by Gasteiger charge is 2.31. The summed E-state index contributed by atoms with van der Waals surface area (Å²) in [5, 5.41) is 12.7. The molecular weight excluding hydrogens is 352 g/mol. The van der Waals surface area contributed by atoms with Crippen LogP contribution in [0.1, 0.15) is 17.2 Å². The van der Waals surface area contributed by atoms with Crippen molar-refractivity contribution in [2.24, 2.45) is 0 Å². The van der Waals surface area contributed by atoms with E-state index in [0.29, 0.717) is 24.2 Å². The summed E-state index contributed by atoms with van der Waals surface area (Å²) in [4.78, 5) is 2.11. The summed E-state index contributed by atoms with van der Waals surface area (Å²) in [6, 6.07) is 9.38. The summed E-state index contributed by atoms with van der Waals surface area (Å²) in [5.41, 5.74) is 1.33. The van der Waals surface area contributed by atoms with Crippen LogP contribution in [-0.2, 0) is 0 Å². The van der Waals surface area contributed by atoms with E-state index in [2.05, 4.69) is 15.0 Å². The predicted octanol–water partition coefficient (Wildman–Crippen LogP) is 3.42. The van der Waals surface area contributed by atoms with Gasteiger partial charge < -0.3 is 15.2 Å². The highest BCUT2D eigenvalue weighted by molar-refractivity contribution is 5.38. The van der Waals surface area contributed by atoms with E-state index in [1.54, 1.807) is 18.2 Å². The third-order valence-corrected chi connectivity index (χ3v) is 4.23. The maximum absolute atomic E-state index is 13.8. The van der Waals surface area contributed by atoms with E-state index in [9.17, 15) is 22.7 Å². The van der Waals surface area contributed by atoms with Crippen molar-refractivity contribution in [3.63, 3.8) is 0 Å². The first-order valence-electron chi connectivity index (χ1n) is 8.12. The highest BCUT2D eigenvalue weighted by Crippen LogP contribution is 2.33. The molecular formula is C18H18F4N2O2. The molecule has 2 aromatic carbocycles. The Morgan fingerprint density at radius 2 is 1.62 bits per heavy atom. The van der Waals surface area contributed by atoms with E-state index in [0.717, 1.165) is 13.1 Å². The second-order valence-corrected chi connectivity index (χ2v) is 6.02. The Hall–Kier alpha value is -2.32. The van der Waals surface area contributed by atoms with Gasteiger partial charge in [-0.3, -0.25) is 4.90 Å². The van der Waals surface area contributed by atoms with Crippen LogP contribution in [0.3, 0.4) is 0 Å². The van der Waals surface area contributed by atoms with Gasteiger partial charge in [-0.05, 0) is 35.4 Å². The molecule has 0 radical (unpaired) electrons. The molecule has 1 aliphatic heterocycles. The minimum atomic E-state index is -4.75. The summed E-state index contributed by atoms with van der Waals surface area (Å²) in [7, 11) is 0. The summed E-state index contributed by atoms with van der Waals surface area (Å²) in [6.07, 6.45) is -4.75. The fourth-order valence-corrected chi connectivity index (χ4v) is 3.10. The van der Waals surface area contributed by atoms with Crippen LogP contribution < -0.4 is 10.1 Å². The first-order valence-corrected chi connectivity index (χ1v) is 8.12. The Labute approximate surface area is 148 Å². The first-order chi connectivity index (χ1) is 12.3. The molecule has 2 N–H and O–H groups in total. The van der Waals surface area contributed by atoms with Crippen molar-refractivity contribution >= 4 is 0 Å². The molecule has 1 fully saturated rings. The Morgan fingerprint density at radius 1 is 1.00 bits per heavy atom. The molecule has 8 heteroatoms. The third-order valence-electron chi connectivity index (χ3n) is 4.23. The molecule has 0 aromatic heterocycles. The average molecular weight is 370 g/mol. The minimum Gasteiger partial charge on any atom is -0.505 e. The van der Waals surface area contributed by atoms with E-state index in [1.165, 1.54) is 24.3 Å². The Balaban J connectivity index is 1.93. The number of halogens is 4. The SMILES string of the molecule is Oc1ccc([C@@H](c2ccc(OC(F)(F)F)cc2)N2CCNCC2)cc1F. The largest absolute Gasteiger partial charge is 0.573 e. The lowest BCUT2D eigenvalue weighted by Gasteiger charge is -2.35. The molecule has 1 atom stereocenters. The quantitative estimate of drug-likeness (QED) is 0.810. The summed E-state index contributed by atoms with van der Waals surface area (Å²) in [5.74, 6) is -1.49. The molecule has 1 saturated heterocycles. The van der Waals surface area contributed by atoms with Gasteiger partial charge in [0.2, 0.25) is 0 Å². The molecule has 0 amide bonds. The number of hydrogen-bond donors (Lipinski definition) is 2. The number of hydrogen-bond acceptors (Lipinski definition) is 4. The zero-order chi connectivity index (χ0) is 18.7. The zero-order valence-corrected chi connectivity index (χ0v) is 13.8. The average Bonchev–Trinajstić information content (AvgIpc) is 2.59. The lowest BCUT2D eigenvalue weighted by molar-refractivity contribution is -0.274. The fraction of sp³-hybridized carbons (Fsp3) is 0.333. The standard InChI is InChI=1S/C18H18F4N2O2/c19-15-11-13(3-6-16(15)25)17(24-9-7-23-8-10-24)12-1-4-14(5-2-12)26-18(20,21)22/h1-6,11,17,23,25H,7-10H2/t17-/m1/s1. The summed E-state index contributed by atoms with van der Waals surface area (Å²) < 4.78 is 54.8. The van der Waals surface area contributed by atoms with Crippen LogP contribution in [0.2, 0.25) is 0 Å². The molecule has 26 heavy (non-hydrogen) atoms. The van der Waals surface area contributed by atoms with Crippen LogP contribution in [0.4, 0.5) is 17.6 Å². The molecule has 3 rings (SSSR count). The van der Waals surface area contributed by atoms with Crippen molar-refractivity contribution in [3.8, 4) is 11.5 Å². The molecule has 1 aliphatic rings. The first kappa shape index (κ1) is 18.5. The topological polar surface area (TPSA) is 44.7 Å². The van der Waals surface area contributed by atoms with Crippen molar-refractivity contribution in [1.29, 1.82) is 0 Å². The smallest absolute Gasteiger partial charge is 0.505 e. The van der Waals surface area contributed by atoms with E-state index >= 15 is 0 Å². The van der Waals surface area contributed by atoms with Gasteiger partial charge in [-0.15, -0.1) is 13.2 Å². The zero-order valence-electron chi connectivity index (χ0n) is 13.8. The van der Waals surface area contributed by atoms with Crippen molar-refractivity contribution in [2.45, 2.75) is 12.4 Å². The van der Waals surface area contributed by atoms with Gasteiger partial charge in [0, 0.05) is 26.2 Å². The molecule has 0 aliphatic carbocycles. The van der Waals surface area contributed by atoms with Crippen molar-refractivity contribution in [3.05, 3.63) is 59.4 Å². The van der Waals surface area contributed by atoms with Gasteiger partial charge in [0.15, 0.2) is 11.6 Å². The molecule has 1 heterocycles. The molecule has 0 bridgehead atoms. The number of benzene rings is 2. The number of piperazine rings is 1. The molecule has 4 nitrogen and oxygen atoms in total. The van der Waals surface area contributed by atoms with Crippen LogP contribution in [0, 0.1) is 5.82 Å². The number of aromatic hydroxyl groups is 1. The third kappa shape index (κ3) is 4.44. The maximum Gasteiger partial charge on any atom is 0.573 e. The van der Waals surface area contributed by atoms with Crippen LogP contribution in [0.25, 0.3) is 0 Å². The predicted molar refractivity (Wildman–Crippen MR) is 87.5 cm³/mol. The van der Waals surface area contributed by atoms with Crippen LogP contribution in [-0.4, -0.2) is 42.5 Å². The lowest BCUT2D eigenvalue weighted by atomic mass is 9.96. The van der Waals surface area contributed by atoms with Crippen molar-refractivity contribution < 1.29 is 27.4 Å². The van der Waals surface area contributed by atoms with Crippen LogP contribution >= 0.6 is 0 Å². The number of nitrogens with one attached hydrogen (secondary N) is 1. The second kappa shape index (κ2) is 7.51.